The molecule has 1 aromatic carbocycles. The van der Waals surface area contributed by atoms with E-state index in [-0.39, 0.29) is 11.8 Å². The number of anilines is 1. The van der Waals surface area contributed by atoms with E-state index in [4.69, 9.17) is 10.00 Å². The van der Waals surface area contributed by atoms with Gasteiger partial charge < -0.3 is 10.1 Å². The normalized spacial score (nSPS) is 13.0. The Bertz CT molecular complexity index is 1050. The molecule has 2 heterocycles. The average Bonchev–Trinajstić information content (AvgIpc) is 3.41. The first-order chi connectivity index (χ1) is 13.1. The molecule has 0 spiro atoms. The Balaban J connectivity index is 1.48. The second-order valence-electron chi connectivity index (χ2n) is 6.48. The topological polar surface area (TPSA) is 104 Å². The summed E-state index contributed by atoms with van der Waals surface area (Å²) in [4.78, 5) is 16.5. The van der Waals surface area contributed by atoms with E-state index in [9.17, 15) is 4.79 Å². The van der Waals surface area contributed by atoms with Gasteiger partial charge in [0, 0.05) is 23.5 Å². The number of carbonyl (C=O) groups excluding carboxylic acids is 1. The van der Waals surface area contributed by atoms with Crippen molar-refractivity contribution in [2.75, 3.05) is 5.32 Å². The molecule has 1 aliphatic rings. The molecule has 3 aromatic rings. The molecule has 0 unspecified atom stereocenters. The van der Waals surface area contributed by atoms with Crippen LogP contribution in [-0.4, -0.2) is 21.1 Å². The molecule has 1 aliphatic carbocycles. The number of aromatic amines is 1. The molecule has 27 heavy (non-hydrogen) atoms. The zero-order valence-electron chi connectivity index (χ0n) is 14.7. The van der Waals surface area contributed by atoms with E-state index in [0.29, 0.717) is 28.6 Å². The molecule has 0 atom stereocenters. The van der Waals surface area contributed by atoms with Gasteiger partial charge in [-0.3, -0.25) is 9.89 Å². The number of aryl methyl sites for hydroxylation is 1. The summed E-state index contributed by atoms with van der Waals surface area (Å²) in [5.41, 5.74) is 3.25. The van der Waals surface area contributed by atoms with Crippen LogP contribution < -0.4 is 10.1 Å². The van der Waals surface area contributed by atoms with Gasteiger partial charge in [-0.25, -0.2) is 4.98 Å². The smallest absolute Gasteiger partial charge is 0.276 e. The first-order valence-electron chi connectivity index (χ1n) is 8.64. The standard InChI is InChI=1S/C20H17N5O2/c1-12-9-15(27-20-14(11-21)3-2-8-22-20)6-7-16(12)23-19(26)18-10-17(24-25-18)13-4-5-13/h2-3,6-10,13H,4-5H2,1H3,(H,23,26)(H,24,25). The predicted molar refractivity (Wildman–Crippen MR) is 98.7 cm³/mol. The van der Waals surface area contributed by atoms with Crippen LogP contribution >= 0.6 is 0 Å². The van der Waals surface area contributed by atoms with E-state index in [1.807, 2.05) is 19.1 Å². The van der Waals surface area contributed by atoms with Crippen LogP contribution in [0.5, 0.6) is 11.6 Å². The van der Waals surface area contributed by atoms with Crippen molar-refractivity contribution in [2.45, 2.75) is 25.7 Å². The summed E-state index contributed by atoms with van der Waals surface area (Å²) >= 11 is 0. The molecule has 0 aliphatic heterocycles. The highest BCUT2D eigenvalue weighted by Crippen LogP contribution is 2.39. The Labute approximate surface area is 156 Å². The monoisotopic (exact) mass is 359 g/mol. The first kappa shape index (κ1) is 16.8. The summed E-state index contributed by atoms with van der Waals surface area (Å²) in [6, 6.07) is 12.4. The molecular formula is C20H17N5O2. The fourth-order valence-corrected chi connectivity index (χ4v) is 2.75. The van der Waals surface area contributed by atoms with Crippen molar-refractivity contribution < 1.29 is 9.53 Å². The van der Waals surface area contributed by atoms with E-state index < -0.39 is 0 Å². The number of pyridine rings is 1. The Hall–Kier alpha value is -3.66. The van der Waals surface area contributed by atoms with Gasteiger partial charge in [0.1, 0.15) is 17.4 Å². The highest BCUT2D eigenvalue weighted by molar-refractivity contribution is 6.03. The number of aromatic nitrogens is 3. The predicted octanol–water partition coefficient (Wildman–Crippen LogP) is 3.91. The van der Waals surface area contributed by atoms with E-state index in [0.717, 1.165) is 24.1 Å². The maximum atomic E-state index is 12.4. The third-order valence-corrected chi connectivity index (χ3v) is 4.40. The van der Waals surface area contributed by atoms with Crippen molar-refractivity contribution in [3.05, 3.63) is 65.1 Å². The number of hydrogen-bond donors (Lipinski definition) is 2. The quantitative estimate of drug-likeness (QED) is 0.719. The van der Waals surface area contributed by atoms with Crippen LogP contribution in [0.15, 0.2) is 42.6 Å². The van der Waals surface area contributed by atoms with Gasteiger partial charge in [0.2, 0.25) is 5.88 Å². The Morgan fingerprint density at radius 2 is 2.19 bits per heavy atom. The molecule has 0 bridgehead atoms. The minimum atomic E-state index is -0.258. The van der Waals surface area contributed by atoms with Crippen molar-refractivity contribution >= 4 is 11.6 Å². The van der Waals surface area contributed by atoms with Crippen LogP contribution in [0.4, 0.5) is 5.69 Å². The SMILES string of the molecule is Cc1cc(Oc2ncccc2C#N)ccc1NC(=O)c1cc(C2CC2)[nH]n1. The minimum absolute atomic E-state index is 0.250. The van der Waals surface area contributed by atoms with Crippen LogP contribution in [0.3, 0.4) is 0 Å². The highest BCUT2D eigenvalue weighted by atomic mass is 16.5. The number of amides is 1. The van der Waals surface area contributed by atoms with Gasteiger partial charge in [0.25, 0.3) is 5.91 Å². The van der Waals surface area contributed by atoms with Crippen LogP contribution in [0.25, 0.3) is 0 Å². The summed E-state index contributed by atoms with van der Waals surface area (Å²) in [6.07, 6.45) is 3.86. The summed E-state index contributed by atoms with van der Waals surface area (Å²) in [5.74, 6) is 1.05. The van der Waals surface area contributed by atoms with Crippen LogP contribution in [0.2, 0.25) is 0 Å². The third kappa shape index (κ3) is 3.65. The summed E-state index contributed by atoms with van der Waals surface area (Å²) in [6.45, 7) is 1.87. The van der Waals surface area contributed by atoms with Gasteiger partial charge in [-0.05, 0) is 61.7 Å². The summed E-state index contributed by atoms with van der Waals surface area (Å²) in [7, 11) is 0. The van der Waals surface area contributed by atoms with Gasteiger partial charge in [0.05, 0.1) is 0 Å². The Morgan fingerprint density at radius 1 is 1.33 bits per heavy atom. The number of nitrogens with zero attached hydrogens (tertiary/aromatic N) is 3. The third-order valence-electron chi connectivity index (χ3n) is 4.40. The number of ether oxygens (including phenoxy) is 1. The second kappa shape index (κ2) is 6.92. The highest BCUT2D eigenvalue weighted by Gasteiger charge is 2.26. The van der Waals surface area contributed by atoms with Gasteiger partial charge in [-0.2, -0.15) is 10.4 Å². The molecule has 0 saturated heterocycles. The molecule has 0 radical (unpaired) electrons. The van der Waals surface area contributed by atoms with Crippen molar-refractivity contribution in [3.8, 4) is 17.7 Å². The number of rotatable bonds is 5. The molecule has 1 fully saturated rings. The molecule has 1 amide bonds. The lowest BCUT2D eigenvalue weighted by atomic mass is 10.2. The van der Waals surface area contributed by atoms with Crippen molar-refractivity contribution in [1.29, 1.82) is 5.26 Å². The summed E-state index contributed by atoms with van der Waals surface area (Å²) in [5, 5.41) is 19.0. The lowest BCUT2D eigenvalue weighted by Crippen LogP contribution is -2.13. The van der Waals surface area contributed by atoms with Crippen LogP contribution in [-0.2, 0) is 0 Å². The lowest BCUT2D eigenvalue weighted by molar-refractivity contribution is 0.102. The summed E-state index contributed by atoms with van der Waals surface area (Å²) < 4.78 is 5.70. The molecule has 7 nitrogen and oxygen atoms in total. The Morgan fingerprint density at radius 3 is 2.93 bits per heavy atom. The van der Waals surface area contributed by atoms with Crippen molar-refractivity contribution in [2.24, 2.45) is 0 Å². The second-order valence-corrected chi connectivity index (χ2v) is 6.48. The zero-order chi connectivity index (χ0) is 18.8. The Kier molecular flexibility index (Phi) is 4.30. The van der Waals surface area contributed by atoms with Gasteiger partial charge in [0.15, 0.2) is 5.69 Å². The molecule has 1 saturated carbocycles. The van der Waals surface area contributed by atoms with E-state index in [1.165, 1.54) is 0 Å². The van der Waals surface area contributed by atoms with E-state index in [1.54, 1.807) is 36.5 Å². The zero-order valence-corrected chi connectivity index (χ0v) is 14.7. The fourth-order valence-electron chi connectivity index (χ4n) is 2.75. The molecule has 2 N–H and O–H groups in total. The van der Waals surface area contributed by atoms with Crippen LogP contribution in [0, 0.1) is 18.3 Å². The largest absolute Gasteiger partial charge is 0.438 e. The van der Waals surface area contributed by atoms with E-state index in [2.05, 4.69) is 20.5 Å². The van der Waals surface area contributed by atoms with Gasteiger partial charge in [-0.15, -0.1) is 0 Å². The number of H-pyrrole nitrogens is 1. The van der Waals surface area contributed by atoms with Crippen molar-refractivity contribution in [1.82, 2.24) is 15.2 Å². The number of nitrogens with one attached hydrogen (secondary N) is 2. The molecule has 7 heteroatoms. The minimum Gasteiger partial charge on any atom is -0.438 e. The molecule has 4 rings (SSSR count). The number of carbonyl (C=O) groups is 1. The number of benzene rings is 1. The lowest BCUT2D eigenvalue weighted by Gasteiger charge is -2.10. The molecular weight excluding hydrogens is 342 g/mol. The van der Waals surface area contributed by atoms with Crippen LogP contribution in [0.1, 0.15) is 46.1 Å². The maximum Gasteiger partial charge on any atom is 0.276 e. The number of hydrogen-bond acceptors (Lipinski definition) is 5. The number of nitriles is 1. The molecule has 134 valence electrons. The average molecular weight is 359 g/mol. The maximum absolute atomic E-state index is 12.4. The molecule has 2 aromatic heterocycles. The van der Waals surface area contributed by atoms with Crippen molar-refractivity contribution in [3.63, 3.8) is 0 Å². The van der Waals surface area contributed by atoms with Gasteiger partial charge >= 0.3 is 0 Å². The first-order valence-corrected chi connectivity index (χ1v) is 8.64. The van der Waals surface area contributed by atoms with E-state index >= 15 is 0 Å². The van der Waals surface area contributed by atoms with Gasteiger partial charge in [-0.1, -0.05) is 0 Å². The fraction of sp³-hybridized carbons (Fsp3) is 0.200.